The molecule has 1 heterocycles. The molecule has 1 N–H and O–H groups in total. The molecule has 0 radical (unpaired) electrons. The number of benzene rings is 2. The standard InChI is InChI=1S/C19H22N4O2/c1-22(19(14-24)15-8-10-18(25-2)11-9-15)13-16-12-20-23(21-16)17-6-4-3-5-7-17/h3-12,19,24H,13-14H2,1-2H3. The van der Waals surface area contributed by atoms with E-state index in [0.29, 0.717) is 6.54 Å². The number of hydrogen-bond donors (Lipinski definition) is 1. The monoisotopic (exact) mass is 338 g/mol. The topological polar surface area (TPSA) is 63.4 Å². The van der Waals surface area contributed by atoms with Crippen LogP contribution in [0.15, 0.2) is 60.8 Å². The number of nitrogens with zero attached hydrogens (tertiary/aromatic N) is 4. The van der Waals surface area contributed by atoms with Crippen molar-refractivity contribution in [2.24, 2.45) is 0 Å². The van der Waals surface area contributed by atoms with Gasteiger partial charge in [-0.3, -0.25) is 4.90 Å². The fraction of sp³-hybridized carbons (Fsp3) is 0.263. The Hall–Kier alpha value is -2.70. The predicted molar refractivity (Wildman–Crippen MR) is 95.6 cm³/mol. The van der Waals surface area contributed by atoms with E-state index in [0.717, 1.165) is 22.7 Å². The van der Waals surface area contributed by atoms with Crippen LogP contribution in [0.5, 0.6) is 5.75 Å². The van der Waals surface area contributed by atoms with Gasteiger partial charge in [0.05, 0.1) is 37.3 Å². The van der Waals surface area contributed by atoms with Gasteiger partial charge in [-0.2, -0.15) is 15.0 Å². The maximum Gasteiger partial charge on any atom is 0.118 e. The lowest BCUT2D eigenvalue weighted by Gasteiger charge is -2.26. The molecule has 0 spiro atoms. The number of rotatable bonds is 7. The van der Waals surface area contributed by atoms with Crippen molar-refractivity contribution in [1.29, 1.82) is 0 Å². The molecule has 130 valence electrons. The van der Waals surface area contributed by atoms with Gasteiger partial charge in [-0.05, 0) is 36.9 Å². The van der Waals surface area contributed by atoms with E-state index in [1.807, 2.05) is 61.6 Å². The minimum atomic E-state index is -0.118. The van der Waals surface area contributed by atoms with Crippen molar-refractivity contribution in [1.82, 2.24) is 19.9 Å². The van der Waals surface area contributed by atoms with Crippen LogP contribution < -0.4 is 4.74 Å². The van der Waals surface area contributed by atoms with Gasteiger partial charge in [-0.1, -0.05) is 30.3 Å². The van der Waals surface area contributed by atoms with Crippen LogP contribution >= 0.6 is 0 Å². The van der Waals surface area contributed by atoms with Crippen molar-refractivity contribution in [3.05, 3.63) is 72.1 Å². The van der Waals surface area contributed by atoms with Gasteiger partial charge in [0.2, 0.25) is 0 Å². The van der Waals surface area contributed by atoms with Crippen LogP contribution in [0.25, 0.3) is 5.69 Å². The third-order valence-electron chi connectivity index (χ3n) is 4.14. The summed E-state index contributed by atoms with van der Waals surface area (Å²) in [5.41, 5.74) is 2.80. The Kier molecular flexibility index (Phi) is 5.42. The second kappa shape index (κ2) is 7.92. The van der Waals surface area contributed by atoms with Crippen molar-refractivity contribution in [3.8, 4) is 11.4 Å². The Morgan fingerprint density at radius 3 is 2.48 bits per heavy atom. The number of aliphatic hydroxyl groups is 1. The molecule has 1 atom stereocenters. The first-order valence-corrected chi connectivity index (χ1v) is 8.13. The molecular formula is C19H22N4O2. The smallest absolute Gasteiger partial charge is 0.118 e. The molecule has 0 aliphatic carbocycles. The average molecular weight is 338 g/mol. The first kappa shape index (κ1) is 17.1. The Labute approximate surface area is 147 Å². The highest BCUT2D eigenvalue weighted by Crippen LogP contribution is 2.23. The van der Waals surface area contributed by atoms with E-state index in [-0.39, 0.29) is 12.6 Å². The van der Waals surface area contributed by atoms with E-state index in [1.165, 1.54) is 0 Å². The van der Waals surface area contributed by atoms with Crippen LogP contribution in [0.3, 0.4) is 0 Å². The third-order valence-corrected chi connectivity index (χ3v) is 4.14. The summed E-state index contributed by atoms with van der Waals surface area (Å²) in [6.45, 7) is 0.611. The molecule has 0 aliphatic heterocycles. The highest BCUT2D eigenvalue weighted by Gasteiger charge is 2.18. The number of likely N-dealkylation sites (N-methyl/N-ethyl adjacent to an activating group) is 1. The number of methoxy groups -OCH3 is 1. The Morgan fingerprint density at radius 2 is 1.84 bits per heavy atom. The summed E-state index contributed by atoms with van der Waals surface area (Å²) in [6, 6.07) is 17.4. The van der Waals surface area contributed by atoms with Crippen LogP contribution in [-0.2, 0) is 6.54 Å². The van der Waals surface area contributed by atoms with E-state index in [2.05, 4.69) is 15.1 Å². The molecule has 0 aliphatic rings. The van der Waals surface area contributed by atoms with Gasteiger partial charge in [-0.25, -0.2) is 0 Å². The SMILES string of the molecule is COc1ccc(C(CO)N(C)Cc2cnn(-c3ccccc3)n2)cc1. The van der Waals surface area contributed by atoms with Gasteiger partial charge in [0.1, 0.15) is 5.75 Å². The Balaban J connectivity index is 1.71. The number of hydrogen-bond acceptors (Lipinski definition) is 5. The maximum absolute atomic E-state index is 9.82. The fourth-order valence-corrected chi connectivity index (χ4v) is 2.74. The molecule has 0 bridgehead atoms. The van der Waals surface area contributed by atoms with Crippen molar-refractivity contribution < 1.29 is 9.84 Å². The van der Waals surface area contributed by atoms with E-state index < -0.39 is 0 Å². The molecule has 0 amide bonds. The maximum atomic E-state index is 9.82. The number of ether oxygens (including phenoxy) is 1. The Morgan fingerprint density at radius 1 is 1.12 bits per heavy atom. The largest absolute Gasteiger partial charge is 0.497 e. The molecule has 25 heavy (non-hydrogen) atoms. The molecule has 6 heteroatoms. The highest BCUT2D eigenvalue weighted by molar-refractivity contribution is 5.30. The van der Waals surface area contributed by atoms with Crippen LogP contribution in [0, 0.1) is 0 Å². The fourth-order valence-electron chi connectivity index (χ4n) is 2.74. The van der Waals surface area contributed by atoms with Gasteiger partial charge < -0.3 is 9.84 Å². The number of aliphatic hydroxyl groups excluding tert-OH is 1. The summed E-state index contributed by atoms with van der Waals surface area (Å²) in [4.78, 5) is 3.67. The number of aromatic nitrogens is 3. The zero-order chi connectivity index (χ0) is 17.6. The van der Waals surface area contributed by atoms with Crippen LogP contribution in [-0.4, -0.2) is 45.8 Å². The molecule has 1 aromatic heterocycles. The van der Waals surface area contributed by atoms with Crippen LogP contribution in [0.2, 0.25) is 0 Å². The zero-order valence-corrected chi connectivity index (χ0v) is 14.4. The van der Waals surface area contributed by atoms with E-state index in [4.69, 9.17) is 4.74 Å². The van der Waals surface area contributed by atoms with Gasteiger partial charge in [-0.15, -0.1) is 0 Å². The molecule has 1 unspecified atom stereocenters. The van der Waals surface area contributed by atoms with Crippen molar-refractivity contribution in [2.75, 3.05) is 20.8 Å². The second-order valence-electron chi connectivity index (χ2n) is 5.85. The average Bonchev–Trinajstić information content (AvgIpc) is 3.12. The zero-order valence-electron chi connectivity index (χ0n) is 14.4. The molecule has 2 aromatic carbocycles. The molecule has 0 saturated heterocycles. The van der Waals surface area contributed by atoms with Gasteiger partial charge in [0.25, 0.3) is 0 Å². The number of para-hydroxylation sites is 1. The minimum absolute atomic E-state index is 0.0235. The summed E-state index contributed by atoms with van der Waals surface area (Å²) in [5.74, 6) is 0.800. The lowest BCUT2D eigenvalue weighted by molar-refractivity contribution is 0.141. The first-order chi connectivity index (χ1) is 12.2. The van der Waals surface area contributed by atoms with Gasteiger partial charge in [0.15, 0.2) is 0 Å². The van der Waals surface area contributed by atoms with Crippen molar-refractivity contribution >= 4 is 0 Å². The van der Waals surface area contributed by atoms with Gasteiger partial charge >= 0.3 is 0 Å². The van der Waals surface area contributed by atoms with E-state index >= 15 is 0 Å². The summed E-state index contributed by atoms with van der Waals surface area (Å²) >= 11 is 0. The normalized spacial score (nSPS) is 12.3. The van der Waals surface area contributed by atoms with Crippen molar-refractivity contribution in [3.63, 3.8) is 0 Å². The molecule has 3 aromatic rings. The van der Waals surface area contributed by atoms with Crippen LogP contribution in [0.4, 0.5) is 0 Å². The molecule has 6 nitrogen and oxygen atoms in total. The first-order valence-electron chi connectivity index (χ1n) is 8.13. The molecular weight excluding hydrogens is 316 g/mol. The molecule has 0 fully saturated rings. The molecule has 3 rings (SSSR count). The molecule has 0 saturated carbocycles. The van der Waals surface area contributed by atoms with Crippen molar-refractivity contribution in [2.45, 2.75) is 12.6 Å². The summed E-state index contributed by atoms with van der Waals surface area (Å²) in [7, 11) is 3.60. The Bertz CT molecular complexity index is 787. The lowest BCUT2D eigenvalue weighted by Crippen LogP contribution is -2.27. The third kappa shape index (κ3) is 4.04. The lowest BCUT2D eigenvalue weighted by atomic mass is 10.1. The van der Waals surface area contributed by atoms with Crippen LogP contribution in [0.1, 0.15) is 17.3 Å². The highest BCUT2D eigenvalue weighted by atomic mass is 16.5. The summed E-state index contributed by atoms with van der Waals surface area (Å²) < 4.78 is 5.19. The van der Waals surface area contributed by atoms with E-state index in [1.54, 1.807) is 18.1 Å². The minimum Gasteiger partial charge on any atom is -0.497 e. The second-order valence-corrected chi connectivity index (χ2v) is 5.85. The quantitative estimate of drug-likeness (QED) is 0.717. The summed E-state index contributed by atoms with van der Waals surface area (Å²) in [5, 5.41) is 18.7. The summed E-state index contributed by atoms with van der Waals surface area (Å²) in [6.07, 6.45) is 1.76. The predicted octanol–water partition coefficient (Wildman–Crippen LogP) is 2.44. The van der Waals surface area contributed by atoms with E-state index in [9.17, 15) is 5.11 Å². The van der Waals surface area contributed by atoms with Gasteiger partial charge in [0, 0.05) is 6.54 Å².